The van der Waals surface area contributed by atoms with E-state index >= 15 is 0 Å². The summed E-state index contributed by atoms with van der Waals surface area (Å²) in [6.07, 6.45) is 1.81. The van der Waals surface area contributed by atoms with E-state index in [1.54, 1.807) is 26.2 Å². The highest BCUT2D eigenvalue weighted by molar-refractivity contribution is 7.99. The second kappa shape index (κ2) is 11.5. The number of aliphatic hydroxyl groups excluding tert-OH is 2. The van der Waals surface area contributed by atoms with E-state index < -0.39 is 29.8 Å². The predicted molar refractivity (Wildman–Crippen MR) is 146 cm³/mol. The molecule has 1 saturated carbocycles. The Hall–Kier alpha value is -1.76. The van der Waals surface area contributed by atoms with E-state index in [1.165, 1.54) is 11.3 Å². The van der Waals surface area contributed by atoms with Crippen molar-refractivity contribution in [1.82, 2.24) is 19.9 Å². The number of thiazole rings is 1. The Morgan fingerprint density at radius 1 is 1.20 bits per heavy atom. The minimum absolute atomic E-state index is 0. The Morgan fingerprint density at radius 3 is 2.63 bits per heavy atom. The monoisotopic (exact) mass is 540 g/mol. The van der Waals surface area contributed by atoms with Gasteiger partial charge in [-0.05, 0) is 39.0 Å². The molecule has 9 nitrogen and oxygen atoms in total. The van der Waals surface area contributed by atoms with Gasteiger partial charge in [-0.2, -0.15) is 16.7 Å². The fourth-order valence-corrected chi connectivity index (χ4v) is 5.82. The summed E-state index contributed by atoms with van der Waals surface area (Å²) >= 11 is 3.36. The van der Waals surface area contributed by atoms with Gasteiger partial charge >= 0.3 is 0 Å². The van der Waals surface area contributed by atoms with Crippen molar-refractivity contribution >= 4 is 57.5 Å². The Kier molecular flexibility index (Phi) is 9.16. The quantitative estimate of drug-likeness (QED) is 0.257. The first-order valence-electron chi connectivity index (χ1n) is 11.4. The zero-order valence-electron chi connectivity index (χ0n) is 20.2. The van der Waals surface area contributed by atoms with Gasteiger partial charge in [0.1, 0.15) is 22.4 Å². The highest BCUT2D eigenvalue weighted by Crippen LogP contribution is 2.39. The summed E-state index contributed by atoms with van der Waals surface area (Å²) in [5.41, 5.74) is 1.28. The van der Waals surface area contributed by atoms with Crippen molar-refractivity contribution < 1.29 is 15.3 Å². The molecule has 35 heavy (non-hydrogen) atoms. The molecule has 0 bridgehead atoms. The van der Waals surface area contributed by atoms with Crippen LogP contribution in [0.25, 0.3) is 20.8 Å². The van der Waals surface area contributed by atoms with E-state index in [0.29, 0.717) is 23.8 Å². The molecular weight excluding hydrogens is 508 g/mol. The number of hydrogen-bond acceptors (Lipinski definition) is 11. The Bertz CT molecular complexity index is 1140. The molecular formula is C23H33ClN6O3S2. The van der Waals surface area contributed by atoms with Crippen molar-refractivity contribution in [3.05, 3.63) is 24.2 Å². The van der Waals surface area contributed by atoms with Crippen LogP contribution in [-0.2, 0) is 0 Å². The largest absolute Gasteiger partial charge is 0.390 e. The molecule has 3 aromatic rings. The number of nitrogens with one attached hydrogen (secondary N) is 2. The van der Waals surface area contributed by atoms with E-state index in [-0.39, 0.29) is 12.4 Å². The Balaban J connectivity index is 0.00000342. The summed E-state index contributed by atoms with van der Waals surface area (Å²) in [5, 5.41) is 39.1. The van der Waals surface area contributed by atoms with Crippen molar-refractivity contribution in [3.63, 3.8) is 0 Å². The third-order valence-corrected chi connectivity index (χ3v) is 8.11. The van der Waals surface area contributed by atoms with Crippen LogP contribution in [0.3, 0.4) is 0 Å². The summed E-state index contributed by atoms with van der Waals surface area (Å²) in [5.74, 6) is 2.52. The van der Waals surface area contributed by atoms with Crippen LogP contribution in [0.5, 0.6) is 0 Å². The third kappa shape index (κ3) is 6.15. The molecule has 1 aliphatic carbocycles. The van der Waals surface area contributed by atoms with Gasteiger partial charge in [0.25, 0.3) is 0 Å². The highest BCUT2D eigenvalue weighted by Gasteiger charge is 2.47. The van der Waals surface area contributed by atoms with Gasteiger partial charge < -0.3 is 26.0 Å². The molecule has 0 unspecified atom stereocenters. The van der Waals surface area contributed by atoms with Crippen molar-refractivity contribution in [3.8, 4) is 10.6 Å². The zero-order valence-corrected chi connectivity index (χ0v) is 22.7. The van der Waals surface area contributed by atoms with E-state index in [9.17, 15) is 15.3 Å². The molecule has 0 aromatic carbocycles. The van der Waals surface area contributed by atoms with Crippen LogP contribution in [0.15, 0.2) is 18.5 Å². The van der Waals surface area contributed by atoms with E-state index in [2.05, 4.69) is 27.5 Å². The second-order valence-corrected chi connectivity index (χ2v) is 11.5. The maximum atomic E-state index is 10.7. The number of aliphatic hydroxyl groups is 3. The van der Waals surface area contributed by atoms with Crippen LogP contribution in [0.2, 0.25) is 0 Å². The summed E-state index contributed by atoms with van der Waals surface area (Å²) in [4.78, 5) is 18.3. The van der Waals surface area contributed by atoms with E-state index in [0.717, 1.165) is 39.0 Å². The molecule has 3 aromatic heterocycles. The molecule has 1 aliphatic rings. The summed E-state index contributed by atoms with van der Waals surface area (Å²) < 4.78 is 1.02. The van der Waals surface area contributed by atoms with Gasteiger partial charge in [0.15, 0.2) is 0 Å². The zero-order chi connectivity index (χ0) is 24.5. The van der Waals surface area contributed by atoms with E-state index in [4.69, 9.17) is 9.97 Å². The van der Waals surface area contributed by atoms with Crippen molar-refractivity contribution in [2.24, 2.45) is 5.92 Å². The topological polar surface area (TPSA) is 136 Å². The van der Waals surface area contributed by atoms with Crippen LogP contribution in [0.4, 0.5) is 11.8 Å². The van der Waals surface area contributed by atoms with Crippen LogP contribution in [0, 0.1) is 12.8 Å². The first kappa shape index (κ1) is 27.8. The van der Waals surface area contributed by atoms with Crippen molar-refractivity contribution in [2.45, 2.75) is 58.0 Å². The SMILES string of the molecule is CCSCCNc1ncc(-c2nc3c(C)nccc3s2)c(N[C@@H]2C[C@H](C(C)(C)O)[C@@H](O)[C@H]2O)n1.Cl. The molecule has 4 rings (SSSR count). The van der Waals surface area contributed by atoms with Gasteiger partial charge in [-0.3, -0.25) is 4.98 Å². The molecule has 0 saturated heterocycles. The number of thioether (sulfide) groups is 1. The minimum atomic E-state index is -1.12. The fraction of sp³-hybridized carbons (Fsp3) is 0.565. The average molecular weight is 541 g/mol. The standard InChI is InChI=1S/C23H32N6O3S2.ClH/c1-5-33-9-8-25-22-26-11-13(21-28-17-12(2)24-7-6-16(17)34-21)20(29-22)27-15-10-14(23(3,4)32)18(30)19(15)31;/h6-7,11,14-15,18-19,30-32H,5,8-10H2,1-4H3,(H2,25,26,27,29);1H/t14-,15+,18+,19-;/m0./s1. The summed E-state index contributed by atoms with van der Waals surface area (Å²) in [6, 6.07) is 1.45. The first-order valence-corrected chi connectivity index (χ1v) is 13.4. The van der Waals surface area contributed by atoms with Crippen LogP contribution >= 0.6 is 35.5 Å². The number of anilines is 2. The fourth-order valence-electron chi connectivity index (χ4n) is 4.26. The Morgan fingerprint density at radius 2 is 1.97 bits per heavy atom. The number of fused-ring (bicyclic) bond motifs is 1. The van der Waals surface area contributed by atoms with Crippen molar-refractivity contribution in [2.75, 3.05) is 28.7 Å². The second-order valence-electron chi connectivity index (χ2n) is 9.07. The van der Waals surface area contributed by atoms with Gasteiger partial charge in [-0.15, -0.1) is 23.7 Å². The van der Waals surface area contributed by atoms with E-state index in [1.807, 2.05) is 24.8 Å². The summed E-state index contributed by atoms with van der Waals surface area (Å²) in [7, 11) is 0. The highest BCUT2D eigenvalue weighted by atomic mass is 35.5. The maximum absolute atomic E-state index is 10.7. The van der Waals surface area contributed by atoms with Gasteiger partial charge in [-0.1, -0.05) is 6.92 Å². The lowest BCUT2D eigenvalue weighted by atomic mass is 9.88. The number of nitrogens with zero attached hydrogens (tertiary/aromatic N) is 4. The van der Waals surface area contributed by atoms with Crippen LogP contribution < -0.4 is 10.6 Å². The predicted octanol–water partition coefficient (Wildman–Crippen LogP) is 3.34. The molecule has 1 fully saturated rings. The number of hydrogen-bond donors (Lipinski definition) is 5. The van der Waals surface area contributed by atoms with Gasteiger partial charge in [0, 0.05) is 30.6 Å². The van der Waals surface area contributed by atoms with Crippen LogP contribution in [0.1, 0.15) is 32.9 Å². The number of aromatic nitrogens is 4. The number of aryl methyl sites for hydroxylation is 1. The molecule has 12 heteroatoms. The molecule has 0 radical (unpaired) electrons. The third-order valence-electron chi connectivity index (χ3n) is 6.15. The molecule has 3 heterocycles. The van der Waals surface area contributed by atoms with Gasteiger partial charge in [0.05, 0.1) is 33.7 Å². The maximum Gasteiger partial charge on any atom is 0.224 e. The van der Waals surface area contributed by atoms with Crippen molar-refractivity contribution in [1.29, 1.82) is 0 Å². The van der Waals surface area contributed by atoms with Crippen LogP contribution in [-0.4, -0.2) is 77.2 Å². The normalized spacial score (nSPS) is 22.3. The smallest absolute Gasteiger partial charge is 0.224 e. The molecule has 0 amide bonds. The summed E-state index contributed by atoms with van der Waals surface area (Å²) in [6.45, 7) is 8.08. The molecule has 0 aliphatic heterocycles. The lowest BCUT2D eigenvalue weighted by Crippen LogP contribution is -2.40. The molecule has 0 spiro atoms. The first-order chi connectivity index (χ1) is 16.2. The molecule has 5 N–H and O–H groups in total. The Labute approximate surface area is 219 Å². The lowest BCUT2D eigenvalue weighted by molar-refractivity contribution is -0.0601. The lowest BCUT2D eigenvalue weighted by Gasteiger charge is -2.28. The van der Waals surface area contributed by atoms with Gasteiger partial charge in [0.2, 0.25) is 5.95 Å². The molecule has 4 atom stereocenters. The number of pyridine rings is 1. The van der Waals surface area contributed by atoms with Gasteiger partial charge in [-0.25, -0.2) is 9.97 Å². The minimum Gasteiger partial charge on any atom is -0.390 e. The molecule has 192 valence electrons. The average Bonchev–Trinajstić information content (AvgIpc) is 3.34. The number of halogens is 1. The number of rotatable bonds is 9.